The molecule has 0 fully saturated rings. The van der Waals surface area contributed by atoms with Gasteiger partial charge in [-0.2, -0.15) is 0 Å². The SMILES string of the molecule is CC(=O)C(=O)NCCc1ccc2c(c1)CCC2. The molecule has 0 spiro atoms. The minimum atomic E-state index is -0.494. The van der Waals surface area contributed by atoms with Gasteiger partial charge in [-0.1, -0.05) is 18.2 Å². The van der Waals surface area contributed by atoms with Crippen LogP contribution < -0.4 is 5.32 Å². The normalized spacial score (nSPS) is 13.2. The molecule has 0 radical (unpaired) electrons. The predicted molar refractivity (Wildman–Crippen MR) is 65.9 cm³/mol. The van der Waals surface area contributed by atoms with Crippen molar-refractivity contribution in [1.82, 2.24) is 5.32 Å². The van der Waals surface area contributed by atoms with Gasteiger partial charge in [-0.3, -0.25) is 9.59 Å². The number of carbonyl (C=O) groups excluding carboxylic acids is 2. The van der Waals surface area contributed by atoms with Crippen LogP contribution in [0.2, 0.25) is 0 Å². The zero-order valence-corrected chi connectivity index (χ0v) is 10.1. The Morgan fingerprint density at radius 1 is 1.24 bits per heavy atom. The molecule has 0 atom stereocenters. The number of benzene rings is 1. The van der Waals surface area contributed by atoms with Gasteiger partial charge < -0.3 is 5.32 Å². The van der Waals surface area contributed by atoms with Crippen molar-refractivity contribution >= 4 is 11.7 Å². The molecule has 0 aromatic heterocycles. The van der Waals surface area contributed by atoms with E-state index in [4.69, 9.17) is 0 Å². The van der Waals surface area contributed by atoms with Crippen molar-refractivity contribution in [2.24, 2.45) is 0 Å². The monoisotopic (exact) mass is 231 g/mol. The molecule has 0 saturated heterocycles. The molecule has 0 heterocycles. The maximum absolute atomic E-state index is 11.1. The molecule has 0 saturated carbocycles. The lowest BCUT2D eigenvalue weighted by Gasteiger charge is -2.05. The summed E-state index contributed by atoms with van der Waals surface area (Å²) in [5.41, 5.74) is 4.14. The van der Waals surface area contributed by atoms with Gasteiger partial charge in [0.25, 0.3) is 5.91 Å². The van der Waals surface area contributed by atoms with E-state index in [9.17, 15) is 9.59 Å². The summed E-state index contributed by atoms with van der Waals surface area (Å²) in [5, 5.41) is 2.61. The molecule has 3 nitrogen and oxygen atoms in total. The lowest BCUT2D eigenvalue weighted by atomic mass is 10.0. The highest BCUT2D eigenvalue weighted by Crippen LogP contribution is 2.22. The summed E-state index contributed by atoms with van der Waals surface area (Å²) in [4.78, 5) is 21.8. The number of aryl methyl sites for hydroxylation is 2. The second-order valence-electron chi connectivity index (χ2n) is 4.52. The van der Waals surface area contributed by atoms with Gasteiger partial charge in [0, 0.05) is 13.5 Å². The quantitative estimate of drug-likeness (QED) is 0.797. The summed E-state index contributed by atoms with van der Waals surface area (Å²) in [6.07, 6.45) is 4.39. The van der Waals surface area contributed by atoms with Crippen LogP contribution in [-0.2, 0) is 28.9 Å². The number of hydrogen-bond acceptors (Lipinski definition) is 2. The number of amides is 1. The van der Waals surface area contributed by atoms with E-state index in [0.29, 0.717) is 6.54 Å². The number of hydrogen-bond donors (Lipinski definition) is 1. The maximum atomic E-state index is 11.1. The predicted octanol–water partition coefficient (Wildman–Crippen LogP) is 1.42. The average molecular weight is 231 g/mol. The van der Waals surface area contributed by atoms with E-state index in [2.05, 4.69) is 23.5 Å². The number of ketones is 1. The highest BCUT2D eigenvalue weighted by atomic mass is 16.2. The van der Waals surface area contributed by atoms with E-state index in [1.165, 1.54) is 42.9 Å². The number of rotatable bonds is 4. The first kappa shape index (κ1) is 11.8. The second kappa shape index (κ2) is 5.13. The lowest BCUT2D eigenvalue weighted by molar-refractivity contribution is -0.136. The molecule has 1 aliphatic rings. The van der Waals surface area contributed by atoms with Crippen molar-refractivity contribution in [1.29, 1.82) is 0 Å². The summed E-state index contributed by atoms with van der Waals surface area (Å²) in [7, 11) is 0. The van der Waals surface area contributed by atoms with Crippen molar-refractivity contribution in [3.8, 4) is 0 Å². The van der Waals surface area contributed by atoms with Crippen LogP contribution >= 0.6 is 0 Å². The summed E-state index contributed by atoms with van der Waals surface area (Å²) in [6.45, 7) is 1.81. The first-order valence-corrected chi connectivity index (χ1v) is 6.06. The van der Waals surface area contributed by atoms with Gasteiger partial charge in [-0.05, 0) is 42.4 Å². The van der Waals surface area contributed by atoms with Crippen LogP contribution in [0.3, 0.4) is 0 Å². The number of fused-ring (bicyclic) bond motifs is 1. The first-order valence-electron chi connectivity index (χ1n) is 6.06. The number of carbonyl (C=O) groups is 2. The van der Waals surface area contributed by atoms with Crippen molar-refractivity contribution in [2.45, 2.75) is 32.6 Å². The summed E-state index contributed by atoms with van der Waals surface area (Å²) >= 11 is 0. The summed E-state index contributed by atoms with van der Waals surface area (Å²) in [5.74, 6) is -0.926. The van der Waals surface area contributed by atoms with Crippen molar-refractivity contribution < 1.29 is 9.59 Å². The molecule has 1 aliphatic carbocycles. The molecular weight excluding hydrogens is 214 g/mol. The molecule has 0 unspecified atom stereocenters. The Morgan fingerprint density at radius 3 is 2.76 bits per heavy atom. The molecule has 0 aliphatic heterocycles. The van der Waals surface area contributed by atoms with Crippen molar-refractivity contribution in [3.05, 3.63) is 34.9 Å². The van der Waals surface area contributed by atoms with Crippen molar-refractivity contribution in [2.75, 3.05) is 6.54 Å². The van der Waals surface area contributed by atoms with Gasteiger partial charge in [0.15, 0.2) is 0 Å². The van der Waals surface area contributed by atoms with Gasteiger partial charge in [-0.15, -0.1) is 0 Å². The summed E-state index contributed by atoms with van der Waals surface area (Å²) < 4.78 is 0. The standard InChI is InChI=1S/C14H17NO2/c1-10(16)14(17)15-8-7-11-5-6-12-3-2-4-13(12)9-11/h5-6,9H,2-4,7-8H2,1H3,(H,15,17). The van der Waals surface area contributed by atoms with Crippen molar-refractivity contribution in [3.63, 3.8) is 0 Å². The third kappa shape index (κ3) is 2.93. The highest BCUT2D eigenvalue weighted by molar-refractivity contribution is 6.35. The Balaban J connectivity index is 1.87. The summed E-state index contributed by atoms with van der Waals surface area (Å²) in [6, 6.07) is 6.52. The van der Waals surface area contributed by atoms with Gasteiger partial charge in [0.2, 0.25) is 5.78 Å². The highest BCUT2D eigenvalue weighted by Gasteiger charge is 2.11. The Morgan fingerprint density at radius 2 is 2.00 bits per heavy atom. The van der Waals surface area contributed by atoms with Crippen LogP contribution in [0.4, 0.5) is 0 Å². The Labute approximate surface area is 101 Å². The number of Topliss-reactive ketones (excluding diaryl/α,β-unsaturated/α-hetero) is 1. The minimum Gasteiger partial charge on any atom is -0.349 e. The molecule has 1 aromatic rings. The number of nitrogens with one attached hydrogen (secondary N) is 1. The van der Waals surface area contributed by atoms with E-state index in [1.807, 2.05) is 0 Å². The van der Waals surface area contributed by atoms with E-state index >= 15 is 0 Å². The lowest BCUT2D eigenvalue weighted by Crippen LogP contribution is -2.30. The van der Waals surface area contributed by atoms with Gasteiger partial charge >= 0.3 is 0 Å². The zero-order valence-electron chi connectivity index (χ0n) is 10.1. The molecule has 3 heteroatoms. The second-order valence-corrected chi connectivity index (χ2v) is 4.52. The zero-order chi connectivity index (χ0) is 12.3. The topological polar surface area (TPSA) is 46.2 Å². The molecule has 1 amide bonds. The van der Waals surface area contributed by atoms with E-state index in [-0.39, 0.29) is 0 Å². The average Bonchev–Trinajstić information content (AvgIpc) is 2.75. The van der Waals surface area contributed by atoms with Gasteiger partial charge in [0.1, 0.15) is 0 Å². The fourth-order valence-electron chi connectivity index (χ4n) is 2.23. The van der Waals surface area contributed by atoms with E-state index in [0.717, 1.165) is 6.42 Å². The van der Waals surface area contributed by atoms with Crippen LogP contribution in [0.15, 0.2) is 18.2 Å². The fraction of sp³-hybridized carbons (Fsp3) is 0.429. The van der Waals surface area contributed by atoms with Crippen LogP contribution in [0.1, 0.15) is 30.0 Å². The van der Waals surface area contributed by atoms with E-state index in [1.54, 1.807) is 0 Å². The minimum absolute atomic E-state index is 0.432. The Hall–Kier alpha value is -1.64. The Bertz CT molecular complexity index is 452. The van der Waals surface area contributed by atoms with Crippen LogP contribution in [-0.4, -0.2) is 18.2 Å². The van der Waals surface area contributed by atoms with Crippen LogP contribution in [0.5, 0.6) is 0 Å². The van der Waals surface area contributed by atoms with Gasteiger partial charge in [0.05, 0.1) is 0 Å². The Kier molecular flexibility index (Phi) is 3.57. The maximum Gasteiger partial charge on any atom is 0.287 e. The third-order valence-electron chi connectivity index (χ3n) is 3.18. The van der Waals surface area contributed by atoms with Crippen LogP contribution in [0, 0.1) is 0 Å². The molecule has 1 N–H and O–H groups in total. The molecular formula is C14H17NO2. The van der Waals surface area contributed by atoms with Crippen LogP contribution in [0.25, 0.3) is 0 Å². The molecule has 90 valence electrons. The molecule has 2 rings (SSSR count). The third-order valence-corrected chi connectivity index (χ3v) is 3.18. The smallest absolute Gasteiger partial charge is 0.287 e. The molecule has 0 bridgehead atoms. The molecule has 1 aromatic carbocycles. The largest absolute Gasteiger partial charge is 0.349 e. The van der Waals surface area contributed by atoms with Gasteiger partial charge in [-0.25, -0.2) is 0 Å². The first-order chi connectivity index (χ1) is 8.16. The molecule has 17 heavy (non-hydrogen) atoms. The fourth-order valence-corrected chi connectivity index (χ4v) is 2.23. The van der Waals surface area contributed by atoms with E-state index < -0.39 is 11.7 Å².